The summed E-state index contributed by atoms with van der Waals surface area (Å²) in [5, 5.41) is 4.09. The van der Waals surface area contributed by atoms with Crippen LogP contribution in [0.2, 0.25) is 0 Å². The molecule has 2 saturated heterocycles. The van der Waals surface area contributed by atoms with Crippen LogP contribution in [0.1, 0.15) is 41.2 Å². The molecule has 2 heterocycles. The van der Waals surface area contributed by atoms with Crippen molar-refractivity contribution in [2.24, 2.45) is 0 Å². The number of hydrazine groups is 1. The van der Waals surface area contributed by atoms with Crippen molar-refractivity contribution in [3.63, 3.8) is 0 Å². The van der Waals surface area contributed by atoms with Gasteiger partial charge in [0.15, 0.2) is 0 Å². The number of amides is 1. The van der Waals surface area contributed by atoms with Gasteiger partial charge in [0, 0.05) is 0 Å². The van der Waals surface area contributed by atoms with Crippen LogP contribution in [0.5, 0.6) is 0 Å². The van der Waals surface area contributed by atoms with E-state index in [-0.39, 0.29) is 24.2 Å². The highest BCUT2D eigenvalue weighted by Gasteiger charge is 2.50. The number of benzene rings is 3. The van der Waals surface area contributed by atoms with E-state index >= 15 is 0 Å². The molecule has 0 spiro atoms. The zero-order valence-corrected chi connectivity index (χ0v) is 15.5. The topological polar surface area (TPSA) is 32.8 Å². The van der Waals surface area contributed by atoms with Gasteiger partial charge in [0.1, 0.15) is 6.61 Å². The molecule has 0 aliphatic carbocycles. The van der Waals surface area contributed by atoms with Crippen LogP contribution < -0.4 is 0 Å². The second-order valence-electron chi connectivity index (χ2n) is 7.32. The van der Waals surface area contributed by atoms with Gasteiger partial charge in [0.25, 0.3) is 0 Å². The zero-order valence-electron chi connectivity index (χ0n) is 15.5. The lowest BCUT2D eigenvalue weighted by Gasteiger charge is -2.43. The first-order chi connectivity index (χ1) is 13.8. The minimum Gasteiger partial charge on any atom is -0.446 e. The van der Waals surface area contributed by atoms with Gasteiger partial charge in [-0.25, -0.2) is 9.80 Å². The van der Waals surface area contributed by atoms with Gasteiger partial charge in [0.2, 0.25) is 0 Å². The van der Waals surface area contributed by atoms with E-state index in [1.54, 1.807) is 0 Å². The molecule has 1 amide bonds. The number of hydrogen-bond acceptors (Lipinski definition) is 3. The Balaban J connectivity index is 1.61. The fourth-order valence-electron chi connectivity index (χ4n) is 4.45. The van der Waals surface area contributed by atoms with E-state index in [0.717, 1.165) is 17.5 Å². The number of cyclic esters (lactones) is 1. The predicted molar refractivity (Wildman–Crippen MR) is 107 cm³/mol. The summed E-state index contributed by atoms with van der Waals surface area (Å²) in [4.78, 5) is 12.9. The number of rotatable bonds is 3. The van der Waals surface area contributed by atoms with Gasteiger partial charge < -0.3 is 4.74 Å². The number of nitrogens with zero attached hydrogens (tertiary/aromatic N) is 2. The summed E-state index contributed by atoms with van der Waals surface area (Å²) in [6, 6.07) is 31.1. The molecular formula is C24H22N2O2. The van der Waals surface area contributed by atoms with Crippen molar-refractivity contribution in [1.82, 2.24) is 10.0 Å². The molecule has 3 atom stereocenters. The smallest absolute Gasteiger partial charge is 0.425 e. The minimum atomic E-state index is -0.264. The van der Waals surface area contributed by atoms with E-state index in [1.807, 2.05) is 47.5 Å². The normalized spacial score (nSPS) is 24.6. The molecule has 3 aromatic rings. The molecule has 5 rings (SSSR count). The molecule has 28 heavy (non-hydrogen) atoms. The molecular weight excluding hydrogens is 348 g/mol. The van der Waals surface area contributed by atoms with E-state index in [4.69, 9.17) is 4.74 Å². The third kappa shape index (κ3) is 2.86. The fourth-order valence-corrected chi connectivity index (χ4v) is 4.45. The Morgan fingerprint density at radius 1 is 0.643 bits per heavy atom. The van der Waals surface area contributed by atoms with E-state index < -0.39 is 0 Å². The van der Waals surface area contributed by atoms with Crippen LogP contribution in [0.15, 0.2) is 91.0 Å². The van der Waals surface area contributed by atoms with Crippen molar-refractivity contribution in [3.8, 4) is 0 Å². The van der Waals surface area contributed by atoms with Crippen LogP contribution in [-0.4, -0.2) is 22.7 Å². The quantitative estimate of drug-likeness (QED) is 0.628. The number of hydrogen-bond donors (Lipinski definition) is 0. The molecule has 2 aliphatic heterocycles. The van der Waals surface area contributed by atoms with Crippen LogP contribution in [0, 0.1) is 0 Å². The first kappa shape index (κ1) is 17.0. The van der Waals surface area contributed by atoms with Crippen molar-refractivity contribution in [1.29, 1.82) is 0 Å². The molecule has 140 valence electrons. The van der Waals surface area contributed by atoms with E-state index in [9.17, 15) is 4.79 Å². The molecule has 2 aliphatic rings. The Labute approximate surface area is 164 Å². The largest absolute Gasteiger partial charge is 0.446 e. The van der Waals surface area contributed by atoms with Crippen molar-refractivity contribution in [2.45, 2.75) is 24.5 Å². The Bertz CT molecular complexity index is 946. The lowest BCUT2D eigenvalue weighted by molar-refractivity contribution is -0.110. The van der Waals surface area contributed by atoms with Gasteiger partial charge in [-0.2, -0.15) is 5.01 Å². The highest BCUT2D eigenvalue weighted by molar-refractivity contribution is 5.69. The Morgan fingerprint density at radius 3 is 1.64 bits per heavy atom. The summed E-state index contributed by atoms with van der Waals surface area (Å²) in [5.41, 5.74) is 3.52. The standard InChI is InChI=1S/C24H22N2O2/c27-24-26-22(19-12-6-2-7-13-19)16-21(18-10-4-1-5-11-18)25(26)23(17-28-24)20-14-8-3-9-15-20/h1-15,21-23H,16-17H2/t21-,22+,23+/m1/s1. The second kappa shape index (κ2) is 7.13. The fraction of sp³-hybridized carbons (Fsp3) is 0.208. The molecule has 0 bridgehead atoms. The monoisotopic (exact) mass is 370 g/mol. The van der Waals surface area contributed by atoms with E-state index in [2.05, 4.69) is 53.5 Å². The van der Waals surface area contributed by atoms with Gasteiger partial charge in [0.05, 0.1) is 18.1 Å². The van der Waals surface area contributed by atoms with Crippen LogP contribution in [0.4, 0.5) is 4.79 Å². The molecule has 0 N–H and O–H groups in total. The molecule has 4 nitrogen and oxygen atoms in total. The predicted octanol–water partition coefficient (Wildman–Crippen LogP) is 5.28. The average molecular weight is 370 g/mol. The highest BCUT2D eigenvalue weighted by Crippen LogP contribution is 2.50. The van der Waals surface area contributed by atoms with Gasteiger partial charge in [-0.05, 0) is 23.1 Å². The summed E-state index contributed by atoms with van der Waals surface area (Å²) < 4.78 is 5.64. The summed E-state index contributed by atoms with van der Waals surface area (Å²) in [5.74, 6) is 0. The lowest BCUT2D eigenvalue weighted by Crippen LogP contribution is -2.51. The first-order valence-electron chi connectivity index (χ1n) is 9.72. The van der Waals surface area contributed by atoms with Crippen molar-refractivity contribution >= 4 is 6.09 Å². The molecule has 0 radical (unpaired) electrons. The summed E-state index contributed by atoms with van der Waals surface area (Å²) in [6.07, 6.45) is 0.575. The number of ether oxygens (including phenoxy) is 1. The number of carbonyl (C=O) groups is 1. The summed E-state index contributed by atoms with van der Waals surface area (Å²) >= 11 is 0. The maximum Gasteiger partial charge on any atom is 0.425 e. The SMILES string of the molecule is O=C1OC[C@@H](c2ccccc2)N2[C@@H](c3ccccc3)C[C@@H](c3ccccc3)N12. The van der Waals surface area contributed by atoms with Gasteiger partial charge in [-0.3, -0.25) is 0 Å². The molecule has 0 unspecified atom stereocenters. The lowest BCUT2D eigenvalue weighted by atomic mass is 9.96. The summed E-state index contributed by atoms with van der Waals surface area (Å²) in [6.45, 7) is 0.365. The molecule has 3 aromatic carbocycles. The zero-order chi connectivity index (χ0) is 18.9. The molecule has 4 heteroatoms. The summed E-state index contributed by atoms with van der Waals surface area (Å²) in [7, 11) is 0. The third-order valence-corrected chi connectivity index (χ3v) is 5.73. The van der Waals surface area contributed by atoms with Crippen LogP contribution >= 0.6 is 0 Å². The first-order valence-corrected chi connectivity index (χ1v) is 9.72. The van der Waals surface area contributed by atoms with Gasteiger partial charge in [-0.15, -0.1) is 0 Å². The molecule has 0 aromatic heterocycles. The van der Waals surface area contributed by atoms with Crippen LogP contribution in [0.3, 0.4) is 0 Å². The van der Waals surface area contributed by atoms with Crippen molar-refractivity contribution in [2.75, 3.05) is 6.61 Å². The number of fused-ring (bicyclic) bond motifs is 1. The minimum absolute atomic E-state index is 0.00202. The van der Waals surface area contributed by atoms with Gasteiger partial charge in [-0.1, -0.05) is 91.0 Å². The molecule has 2 fully saturated rings. The Hall–Kier alpha value is -3.11. The van der Waals surface area contributed by atoms with Crippen LogP contribution in [-0.2, 0) is 4.74 Å². The third-order valence-electron chi connectivity index (χ3n) is 5.73. The van der Waals surface area contributed by atoms with Crippen molar-refractivity contribution < 1.29 is 9.53 Å². The average Bonchev–Trinajstić information content (AvgIpc) is 3.17. The maximum absolute atomic E-state index is 12.9. The van der Waals surface area contributed by atoms with E-state index in [1.165, 1.54) is 5.56 Å². The number of carbonyl (C=O) groups excluding carboxylic acids is 1. The second-order valence-corrected chi connectivity index (χ2v) is 7.32. The van der Waals surface area contributed by atoms with E-state index in [0.29, 0.717) is 6.61 Å². The Morgan fingerprint density at radius 2 is 1.11 bits per heavy atom. The highest BCUT2D eigenvalue weighted by atomic mass is 16.6. The maximum atomic E-state index is 12.9. The van der Waals surface area contributed by atoms with Gasteiger partial charge >= 0.3 is 6.09 Å². The van der Waals surface area contributed by atoms with Crippen molar-refractivity contribution in [3.05, 3.63) is 108 Å². The Kier molecular flexibility index (Phi) is 4.34. The molecule has 0 saturated carbocycles. The van der Waals surface area contributed by atoms with Crippen LogP contribution in [0.25, 0.3) is 0 Å².